The first kappa shape index (κ1) is 18.2. The summed E-state index contributed by atoms with van der Waals surface area (Å²) in [7, 11) is 0. The number of esters is 1. The molecule has 3 aromatic carbocycles. The number of benzene rings is 3. The van der Waals surface area contributed by atoms with Crippen LogP contribution in [0.2, 0.25) is 0 Å². The van der Waals surface area contributed by atoms with Crippen molar-refractivity contribution in [3.05, 3.63) is 95.1 Å². The zero-order chi connectivity index (χ0) is 16.7. The molecule has 25 heavy (non-hydrogen) atoms. The fourth-order valence-electron chi connectivity index (χ4n) is 3.20. The summed E-state index contributed by atoms with van der Waals surface area (Å²) in [6.07, 6.45) is 0. The van der Waals surface area contributed by atoms with Crippen LogP contribution in [0.4, 0.5) is 0 Å². The Labute approximate surface area is 189 Å². The van der Waals surface area contributed by atoms with E-state index in [2.05, 4.69) is 0 Å². The maximum absolute atomic E-state index is 12.4. The van der Waals surface area contributed by atoms with Crippen molar-refractivity contribution in [3.8, 4) is 11.5 Å². The first-order valence-corrected chi connectivity index (χ1v) is 7.53. The number of hydrogen-bond donors (Lipinski definition) is 2. The third-order valence-corrected chi connectivity index (χ3v) is 4.32. The second-order valence-corrected chi connectivity index (χ2v) is 5.71. The molecule has 0 bridgehead atoms. The van der Waals surface area contributed by atoms with Crippen LogP contribution in [-0.2, 0) is 10.3 Å². The molecule has 0 spiro atoms. The molecule has 5 heteroatoms. The fraction of sp³-hybridized carbons (Fsp3) is 0.0500. The van der Waals surface area contributed by atoms with Crippen molar-refractivity contribution in [2.75, 3.05) is 0 Å². The Kier molecular flexibility index (Phi) is 5.04. The SMILES string of the molecule is O=C1OC(c2ccc(O)cc2)(c2ccc(O)cc2)c2ccccc21.[H-].[K+]. The van der Waals surface area contributed by atoms with Gasteiger partial charge in [-0.2, -0.15) is 0 Å². The average molecular weight is 358 g/mol. The van der Waals surface area contributed by atoms with E-state index in [9.17, 15) is 15.0 Å². The molecule has 0 saturated carbocycles. The molecule has 0 aliphatic carbocycles. The minimum atomic E-state index is -1.10. The molecule has 4 rings (SSSR count). The predicted octanol–water partition coefficient (Wildman–Crippen LogP) is 0.677. The van der Waals surface area contributed by atoms with Gasteiger partial charge in [-0.3, -0.25) is 0 Å². The summed E-state index contributed by atoms with van der Waals surface area (Å²) in [5, 5.41) is 19.2. The second kappa shape index (κ2) is 6.94. The van der Waals surface area contributed by atoms with Crippen LogP contribution in [0.1, 0.15) is 28.5 Å². The third-order valence-electron chi connectivity index (χ3n) is 4.32. The fourth-order valence-corrected chi connectivity index (χ4v) is 3.20. The molecule has 0 radical (unpaired) electrons. The van der Waals surface area contributed by atoms with Gasteiger partial charge in [0.1, 0.15) is 11.5 Å². The monoisotopic (exact) mass is 358 g/mol. The van der Waals surface area contributed by atoms with Gasteiger partial charge in [-0.1, -0.05) is 42.5 Å². The zero-order valence-corrected chi connectivity index (χ0v) is 16.8. The standard InChI is InChI=1S/C20H14O4.K.H/c21-15-9-5-13(6-10-15)20(14-7-11-16(22)12-8-14)18-4-2-1-3-17(18)19(23)24-20;;/h1-12,21-22H;;/q;+1;-1. The molecule has 0 atom stereocenters. The van der Waals surface area contributed by atoms with Crippen molar-refractivity contribution >= 4 is 5.97 Å². The molecule has 3 aromatic rings. The number of phenols is 2. The van der Waals surface area contributed by atoms with Crippen molar-refractivity contribution in [2.24, 2.45) is 0 Å². The summed E-state index contributed by atoms with van der Waals surface area (Å²) < 4.78 is 5.87. The molecule has 0 saturated heterocycles. The minimum absolute atomic E-state index is 0. The Bertz CT molecular complexity index is 878. The number of ether oxygens (including phenoxy) is 1. The molecule has 2 N–H and O–H groups in total. The zero-order valence-electron chi connectivity index (χ0n) is 14.6. The van der Waals surface area contributed by atoms with Crippen LogP contribution in [0.3, 0.4) is 0 Å². The molecule has 1 heterocycles. The molecule has 4 nitrogen and oxygen atoms in total. The molecule has 1 aliphatic heterocycles. The van der Waals surface area contributed by atoms with Crippen molar-refractivity contribution < 1.29 is 72.6 Å². The maximum Gasteiger partial charge on any atom is 1.00 e. The third kappa shape index (κ3) is 2.92. The summed E-state index contributed by atoms with van der Waals surface area (Å²) >= 11 is 0. The van der Waals surface area contributed by atoms with Gasteiger partial charge in [0.2, 0.25) is 0 Å². The quantitative estimate of drug-likeness (QED) is 0.522. The normalized spacial score (nSPS) is 14.3. The van der Waals surface area contributed by atoms with Crippen LogP contribution in [0.25, 0.3) is 0 Å². The number of cyclic esters (lactones) is 1. The molecule has 0 aromatic heterocycles. The van der Waals surface area contributed by atoms with E-state index in [1.54, 1.807) is 60.7 Å². The van der Waals surface area contributed by atoms with Crippen LogP contribution < -0.4 is 51.4 Å². The van der Waals surface area contributed by atoms with E-state index in [0.29, 0.717) is 5.56 Å². The van der Waals surface area contributed by atoms with Gasteiger partial charge in [0, 0.05) is 16.7 Å². The Morgan fingerprint density at radius 1 is 0.760 bits per heavy atom. The number of aromatic hydroxyl groups is 2. The number of carbonyl (C=O) groups excluding carboxylic acids is 1. The van der Waals surface area contributed by atoms with Gasteiger partial charge in [0.25, 0.3) is 0 Å². The molecule has 120 valence electrons. The largest absolute Gasteiger partial charge is 1.00 e. The Morgan fingerprint density at radius 3 is 1.76 bits per heavy atom. The number of rotatable bonds is 2. The molecule has 0 unspecified atom stereocenters. The second-order valence-electron chi connectivity index (χ2n) is 5.71. The summed E-state index contributed by atoms with van der Waals surface area (Å²) in [5.74, 6) is -0.124. The van der Waals surface area contributed by atoms with E-state index < -0.39 is 11.6 Å². The van der Waals surface area contributed by atoms with Crippen LogP contribution >= 0.6 is 0 Å². The molecule has 1 aliphatic rings. The molecular weight excluding hydrogens is 343 g/mol. The van der Waals surface area contributed by atoms with Crippen molar-refractivity contribution in [1.29, 1.82) is 0 Å². The van der Waals surface area contributed by atoms with Gasteiger partial charge in [-0.15, -0.1) is 0 Å². The summed E-state index contributed by atoms with van der Waals surface area (Å²) in [6.45, 7) is 0. The summed E-state index contributed by atoms with van der Waals surface area (Å²) in [6, 6.07) is 20.4. The molecule has 0 fully saturated rings. The number of hydrogen-bond acceptors (Lipinski definition) is 4. The average Bonchev–Trinajstić information content (AvgIpc) is 2.91. The first-order valence-electron chi connectivity index (χ1n) is 7.53. The Morgan fingerprint density at radius 2 is 1.24 bits per heavy atom. The van der Waals surface area contributed by atoms with Crippen molar-refractivity contribution in [1.82, 2.24) is 0 Å². The van der Waals surface area contributed by atoms with Crippen molar-refractivity contribution in [3.63, 3.8) is 0 Å². The summed E-state index contributed by atoms with van der Waals surface area (Å²) in [4.78, 5) is 12.4. The number of phenolic OH excluding ortho intramolecular Hbond substituents is 2. The molecular formula is C20H15KO4. The van der Waals surface area contributed by atoms with E-state index >= 15 is 0 Å². The minimum Gasteiger partial charge on any atom is -1.00 e. The smallest absolute Gasteiger partial charge is 1.00 e. The predicted molar refractivity (Wildman–Crippen MR) is 89.1 cm³/mol. The van der Waals surface area contributed by atoms with Gasteiger partial charge < -0.3 is 16.4 Å². The van der Waals surface area contributed by atoms with E-state index in [-0.39, 0.29) is 64.3 Å². The topological polar surface area (TPSA) is 66.8 Å². The Balaban J connectivity index is 0.00000121. The van der Waals surface area contributed by atoms with Gasteiger partial charge in [0.05, 0.1) is 5.56 Å². The number of carbonyl (C=O) groups is 1. The van der Waals surface area contributed by atoms with Crippen LogP contribution in [0.15, 0.2) is 72.8 Å². The first-order chi connectivity index (χ1) is 11.6. The van der Waals surface area contributed by atoms with Crippen LogP contribution in [0.5, 0.6) is 11.5 Å². The van der Waals surface area contributed by atoms with E-state index in [4.69, 9.17) is 4.74 Å². The van der Waals surface area contributed by atoms with Crippen molar-refractivity contribution in [2.45, 2.75) is 5.60 Å². The van der Waals surface area contributed by atoms with Gasteiger partial charge >= 0.3 is 57.4 Å². The molecule has 0 amide bonds. The van der Waals surface area contributed by atoms with Crippen LogP contribution in [-0.4, -0.2) is 16.2 Å². The Hall–Kier alpha value is -1.63. The number of fused-ring (bicyclic) bond motifs is 1. The van der Waals surface area contributed by atoms with E-state index in [0.717, 1.165) is 16.7 Å². The summed E-state index contributed by atoms with van der Waals surface area (Å²) in [5.41, 5.74) is 1.60. The maximum atomic E-state index is 12.4. The van der Waals surface area contributed by atoms with Gasteiger partial charge in [-0.25, -0.2) is 4.79 Å². The van der Waals surface area contributed by atoms with Crippen LogP contribution in [0, 0.1) is 0 Å². The van der Waals surface area contributed by atoms with Gasteiger partial charge in [-0.05, 0) is 30.3 Å². The van der Waals surface area contributed by atoms with Gasteiger partial charge in [0.15, 0.2) is 5.60 Å². The van der Waals surface area contributed by atoms with E-state index in [1.807, 2.05) is 12.1 Å². The van der Waals surface area contributed by atoms with E-state index in [1.165, 1.54) is 0 Å².